The summed E-state index contributed by atoms with van der Waals surface area (Å²) in [7, 11) is -3.75. The number of benzene rings is 1. The van der Waals surface area contributed by atoms with Gasteiger partial charge in [-0.25, -0.2) is 17.9 Å². The molecule has 0 unspecified atom stereocenters. The second-order valence-corrected chi connectivity index (χ2v) is 7.94. The third kappa shape index (κ3) is 4.10. The zero-order chi connectivity index (χ0) is 15.6. The number of nitrogens with one attached hydrogen (secondary N) is 1. The normalized spacial score (nSPS) is 11.4. The van der Waals surface area contributed by atoms with Crippen LogP contribution >= 0.6 is 27.3 Å². The summed E-state index contributed by atoms with van der Waals surface area (Å²) in [5, 5.41) is 7.52. The van der Waals surface area contributed by atoms with Crippen molar-refractivity contribution >= 4 is 43.2 Å². The second-order valence-electron chi connectivity index (χ2n) is 4.07. The van der Waals surface area contributed by atoms with E-state index in [-0.39, 0.29) is 16.3 Å². The first-order chi connectivity index (χ1) is 9.77. The minimum absolute atomic E-state index is 0.0142. The maximum Gasteiger partial charge on any atom is 0.254 e. The minimum Gasteiger partial charge on any atom is -0.347 e. The Balaban J connectivity index is 2.08. The van der Waals surface area contributed by atoms with E-state index in [4.69, 9.17) is 5.14 Å². The molecule has 2 rings (SSSR count). The van der Waals surface area contributed by atoms with Crippen molar-refractivity contribution in [1.82, 2.24) is 5.32 Å². The monoisotopic (exact) mass is 392 g/mol. The number of nitrogens with two attached hydrogens (primary N) is 1. The van der Waals surface area contributed by atoms with Crippen LogP contribution in [0.5, 0.6) is 0 Å². The molecule has 0 aliphatic heterocycles. The molecule has 2 aromatic rings. The number of sulfonamides is 1. The summed E-state index contributed by atoms with van der Waals surface area (Å²) in [6.07, 6.45) is 0. The number of rotatable bonds is 4. The number of hydrogen-bond donors (Lipinski definition) is 2. The molecule has 21 heavy (non-hydrogen) atoms. The summed E-state index contributed by atoms with van der Waals surface area (Å²) < 4.78 is 36.4. The molecule has 0 saturated carbocycles. The Morgan fingerprint density at radius 3 is 2.67 bits per heavy atom. The molecule has 0 fully saturated rings. The van der Waals surface area contributed by atoms with Crippen molar-refractivity contribution in [3.05, 3.63) is 51.1 Å². The number of hydrogen-bond acceptors (Lipinski definition) is 4. The van der Waals surface area contributed by atoms with Crippen LogP contribution in [0.4, 0.5) is 4.39 Å². The fourth-order valence-corrected chi connectivity index (χ4v) is 3.62. The van der Waals surface area contributed by atoms with Gasteiger partial charge in [0.05, 0.1) is 12.1 Å². The molecule has 5 nitrogen and oxygen atoms in total. The van der Waals surface area contributed by atoms with Gasteiger partial charge in [-0.1, -0.05) is 15.9 Å². The molecule has 9 heteroatoms. The average Bonchev–Trinajstić information content (AvgIpc) is 2.87. The molecule has 0 atom stereocenters. The van der Waals surface area contributed by atoms with Crippen molar-refractivity contribution in [2.24, 2.45) is 5.14 Å². The van der Waals surface area contributed by atoms with Crippen molar-refractivity contribution < 1.29 is 17.6 Å². The molecule has 1 aromatic carbocycles. The summed E-state index contributed by atoms with van der Waals surface area (Å²) in [5.74, 6) is -1.22. The Labute approximate surface area is 133 Å². The van der Waals surface area contributed by atoms with Crippen LogP contribution in [0.15, 0.2) is 39.0 Å². The quantitative estimate of drug-likeness (QED) is 0.835. The highest BCUT2D eigenvalue weighted by atomic mass is 79.9. The minimum atomic E-state index is -3.75. The zero-order valence-corrected chi connectivity index (χ0v) is 13.7. The Kier molecular flexibility index (Phi) is 4.77. The molecule has 0 aliphatic carbocycles. The van der Waals surface area contributed by atoms with Gasteiger partial charge < -0.3 is 5.32 Å². The molecule has 1 aromatic heterocycles. The first kappa shape index (κ1) is 16.1. The van der Waals surface area contributed by atoms with Crippen LogP contribution in [-0.2, 0) is 16.6 Å². The topological polar surface area (TPSA) is 89.3 Å². The van der Waals surface area contributed by atoms with Gasteiger partial charge in [0.15, 0.2) is 0 Å². The van der Waals surface area contributed by atoms with Gasteiger partial charge in [0.2, 0.25) is 10.0 Å². The summed E-state index contributed by atoms with van der Waals surface area (Å²) >= 11 is 4.11. The van der Waals surface area contributed by atoms with Crippen molar-refractivity contribution in [3.8, 4) is 0 Å². The molecular formula is C12H10BrFN2O3S2. The lowest BCUT2D eigenvalue weighted by molar-refractivity contribution is 0.0947. The molecular weight excluding hydrogens is 383 g/mol. The van der Waals surface area contributed by atoms with Gasteiger partial charge in [0.25, 0.3) is 5.91 Å². The van der Waals surface area contributed by atoms with Crippen LogP contribution in [0, 0.1) is 5.82 Å². The number of halogens is 2. The van der Waals surface area contributed by atoms with E-state index < -0.39 is 21.7 Å². The molecule has 0 bridgehead atoms. The average molecular weight is 393 g/mol. The Morgan fingerprint density at radius 2 is 2.05 bits per heavy atom. The smallest absolute Gasteiger partial charge is 0.254 e. The predicted molar refractivity (Wildman–Crippen MR) is 81.0 cm³/mol. The lowest BCUT2D eigenvalue weighted by Gasteiger charge is -2.05. The molecule has 3 N–H and O–H groups in total. The number of amides is 1. The summed E-state index contributed by atoms with van der Waals surface area (Å²) in [5.41, 5.74) is -0.0902. The lowest BCUT2D eigenvalue weighted by atomic mass is 10.2. The molecule has 0 spiro atoms. The van der Waals surface area contributed by atoms with Crippen molar-refractivity contribution in [2.75, 3.05) is 0 Å². The third-order valence-electron chi connectivity index (χ3n) is 2.51. The highest BCUT2D eigenvalue weighted by molar-refractivity contribution is 9.10. The first-order valence-corrected chi connectivity index (χ1v) is 8.78. The first-order valence-electron chi connectivity index (χ1n) is 5.62. The summed E-state index contributed by atoms with van der Waals surface area (Å²) in [4.78, 5) is 12.5. The second kappa shape index (κ2) is 6.22. The largest absolute Gasteiger partial charge is 0.347 e. The fourth-order valence-electron chi connectivity index (χ4n) is 1.54. The van der Waals surface area contributed by atoms with Crippen molar-refractivity contribution in [2.45, 2.75) is 10.8 Å². The Bertz CT molecular complexity index is 790. The van der Waals surface area contributed by atoms with Crippen LogP contribution in [0.25, 0.3) is 0 Å². The van der Waals surface area contributed by atoms with E-state index in [1.165, 1.54) is 24.3 Å². The SMILES string of the molecule is NS(=O)(=O)c1ccc(CNC(=O)c2cc(Br)ccc2F)s1. The maximum absolute atomic E-state index is 13.5. The summed E-state index contributed by atoms with van der Waals surface area (Å²) in [6.45, 7) is 0.0883. The standard InChI is InChI=1S/C12H10BrFN2O3S2/c13-7-1-3-10(14)9(5-7)12(17)16-6-8-2-4-11(20-8)21(15,18)19/h1-5H,6H2,(H,16,17)(H2,15,18,19). The molecule has 1 amide bonds. The molecule has 0 saturated heterocycles. The fraction of sp³-hybridized carbons (Fsp3) is 0.0833. The number of primary sulfonamides is 1. The van der Waals surface area contributed by atoms with Gasteiger partial charge in [-0.15, -0.1) is 11.3 Å². The Hall–Kier alpha value is -1.29. The van der Waals surface area contributed by atoms with E-state index in [9.17, 15) is 17.6 Å². The molecule has 0 aliphatic rings. The molecule has 1 heterocycles. The van der Waals surface area contributed by atoms with E-state index >= 15 is 0 Å². The zero-order valence-electron chi connectivity index (χ0n) is 10.5. The highest BCUT2D eigenvalue weighted by Gasteiger charge is 2.14. The highest BCUT2D eigenvalue weighted by Crippen LogP contribution is 2.20. The van der Waals surface area contributed by atoms with Crippen LogP contribution in [0.2, 0.25) is 0 Å². The van der Waals surface area contributed by atoms with E-state index in [2.05, 4.69) is 21.2 Å². The number of carbonyl (C=O) groups is 1. The lowest BCUT2D eigenvalue weighted by Crippen LogP contribution is -2.23. The molecule has 0 radical (unpaired) electrons. The number of carbonyl (C=O) groups excluding carboxylic acids is 1. The summed E-state index contributed by atoms with van der Waals surface area (Å²) in [6, 6.07) is 6.95. The van der Waals surface area contributed by atoms with Gasteiger partial charge >= 0.3 is 0 Å². The Morgan fingerprint density at radius 1 is 1.33 bits per heavy atom. The van der Waals surface area contributed by atoms with Crippen molar-refractivity contribution in [1.29, 1.82) is 0 Å². The van der Waals surface area contributed by atoms with Gasteiger partial charge in [-0.3, -0.25) is 4.79 Å². The van der Waals surface area contributed by atoms with Gasteiger partial charge in [-0.2, -0.15) is 0 Å². The van der Waals surface area contributed by atoms with E-state index in [1.807, 2.05) is 0 Å². The van der Waals surface area contributed by atoms with Gasteiger partial charge in [0, 0.05) is 9.35 Å². The van der Waals surface area contributed by atoms with Crippen molar-refractivity contribution in [3.63, 3.8) is 0 Å². The third-order valence-corrected chi connectivity index (χ3v) is 5.53. The van der Waals surface area contributed by atoms with E-state index in [0.717, 1.165) is 11.3 Å². The van der Waals surface area contributed by atoms with Gasteiger partial charge in [0.1, 0.15) is 10.0 Å². The van der Waals surface area contributed by atoms with Gasteiger partial charge in [-0.05, 0) is 30.3 Å². The van der Waals surface area contributed by atoms with E-state index in [1.54, 1.807) is 6.07 Å². The van der Waals surface area contributed by atoms with Crippen LogP contribution in [-0.4, -0.2) is 14.3 Å². The van der Waals surface area contributed by atoms with E-state index in [0.29, 0.717) is 9.35 Å². The van der Waals surface area contributed by atoms with Crippen LogP contribution in [0.1, 0.15) is 15.2 Å². The predicted octanol–water partition coefficient (Wildman–Crippen LogP) is 2.23. The van der Waals surface area contributed by atoms with Crippen LogP contribution < -0.4 is 10.5 Å². The van der Waals surface area contributed by atoms with Crippen LogP contribution in [0.3, 0.4) is 0 Å². The maximum atomic E-state index is 13.5. The number of thiophene rings is 1. The molecule has 112 valence electrons.